The fourth-order valence-corrected chi connectivity index (χ4v) is 5.66. The first-order valence-corrected chi connectivity index (χ1v) is 11.1. The number of ether oxygens (including phenoxy) is 1. The van der Waals surface area contributed by atoms with Gasteiger partial charge >= 0.3 is 0 Å². The Hall–Kier alpha value is -2.54. The molecular formula is C23H25FN2O3S. The second kappa shape index (κ2) is 7.95. The lowest BCUT2D eigenvalue weighted by atomic mass is 10.0. The highest BCUT2D eigenvalue weighted by molar-refractivity contribution is 8.01. The molecule has 0 radical (unpaired) electrons. The fourth-order valence-electron chi connectivity index (χ4n) is 4.19. The highest BCUT2D eigenvalue weighted by atomic mass is 32.2. The average Bonchev–Trinajstić information content (AvgIpc) is 3.26. The van der Waals surface area contributed by atoms with Gasteiger partial charge in [-0.15, -0.1) is 11.8 Å². The smallest absolute Gasteiger partial charge is 0.268 e. The first-order chi connectivity index (χ1) is 14.4. The fraction of sp³-hybridized carbons (Fsp3) is 0.391. The minimum atomic E-state index is -1.12. The summed E-state index contributed by atoms with van der Waals surface area (Å²) in [5, 5.41) is 0. The first kappa shape index (κ1) is 20.7. The molecule has 2 aliphatic heterocycles. The van der Waals surface area contributed by atoms with Gasteiger partial charge in [0.2, 0.25) is 5.91 Å². The van der Waals surface area contributed by atoms with Gasteiger partial charge in [-0.2, -0.15) is 0 Å². The van der Waals surface area contributed by atoms with E-state index in [1.54, 1.807) is 41.2 Å². The molecule has 0 saturated carbocycles. The third kappa shape index (κ3) is 3.25. The van der Waals surface area contributed by atoms with Crippen LogP contribution < -0.4 is 9.64 Å². The maximum atomic E-state index is 14.4. The molecule has 0 unspecified atom stereocenters. The van der Waals surface area contributed by atoms with Crippen LogP contribution >= 0.6 is 11.8 Å². The molecule has 1 saturated heterocycles. The van der Waals surface area contributed by atoms with E-state index in [1.165, 1.54) is 17.8 Å². The van der Waals surface area contributed by atoms with E-state index in [1.807, 2.05) is 26.0 Å². The highest BCUT2D eigenvalue weighted by Crippen LogP contribution is 2.55. The Morgan fingerprint density at radius 1 is 1.27 bits per heavy atom. The van der Waals surface area contributed by atoms with Crippen LogP contribution in [0.2, 0.25) is 0 Å². The summed E-state index contributed by atoms with van der Waals surface area (Å²) < 4.78 is 19.8. The molecule has 158 valence electrons. The maximum absolute atomic E-state index is 14.4. The van der Waals surface area contributed by atoms with Gasteiger partial charge in [-0.25, -0.2) is 4.39 Å². The minimum absolute atomic E-state index is 0.0372. The number of halogens is 1. The molecule has 0 aliphatic carbocycles. The van der Waals surface area contributed by atoms with Gasteiger partial charge in [0, 0.05) is 29.8 Å². The molecule has 2 aromatic rings. The van der Waals surface area contributed by atoms with E-state index < -0.39 is 4.87 Å². The predicted molar refractivity (Wildman–Crippen MR) is 116 cm³/mol. The van der Waals surface area contributed by atoms with Gasteiger partial charge < -0.3 is 14.5 Å². The van der Waals surface area contributed by atoms with Crippen molar-refractivity contribution in [3.05, 3.63) is 59.4 Å². The Labute approximate surface area is 180 Å². The number of hydrogen-bond acceptors (Lipinski definition) is 4. The Bertz CT molecular complexity index is 996. The highest BCUT2D eigenvalue weighted by Gasteiger charge is 2.59. The zero-order valence-corrected chi connectivity index (χ0v) is 18.2. The standard InChI is InChI=1S/C23H25FN2O3S/c1-15(2)12-21(27)26-10-11-30-23(26)18-13-17(29-3)8-9-20(18)25(22(23)28)14-16-6-4-5-7-19(16)24/h4-9,13,15H,10-12,14H2,1-3H3/t23-/m1/s1. The topological polar surface area (TPSA) is 49.9 Å². The van der Waals surface area contributed by atoms with Crippen LogP contribution in [0.1, 0.15) is 31.4 Å². The van der Waals surface area contributed by atoms with Gasteiger partial charge in [-0.1, -0.05) is 32.0 Å². The zero-order chi connectivity index (χ0) is 21.5. The van der Waals surface area contributed by atoms with Crippen molar-refractivity contribution in [3.8, 4) is 5.75 Å². The number of anilines is 1. The number of nitrogens with zero attached hydrogens (tertiary/aromatic N) is 2. The molecule has 2 heterocycles. The molecule has 1 atom stereocenters. The lowest BCUT2D eigenvalue weighted by molar-refractivity contribution is -0.140. The molecule has 2 amide bonds. The molecule has 1 spiro atoms. The van der Waals surface area contributed by atoms with Crippen molar-refractivity contribution in [2.45, 2.75) is 31.7 Å². The van der Waals surface area contributed by atoms with Crippen molar-refractivity contribution < 1.29 is 18.7 Å². The first-order valence-electron chi connectivity index (χ1n) is 10.1. The summed E-state index contributed by atoms with van der Waals surface area (Å²) in [5.41, 5.74) is 1.87. The van der Waals surface area contributed by atoms with Gasteiger partial charge in [0.15, 0.2) is 4.87 Å². The number of methoxy groups -OCH3 is 1. The lowest BCUT2D eigenvalue weighted by Gasteiger charge is -2.33. The molecule has 2 aliphatic rings. The largest absolute Gasteiger partial charge is 0.497 e. The van der Waals surface area contributed by atoms with Gasteiger partial charge in [0.05, 0.1) is 19.3 Å². The number of carbonyl (C=O) groups is 2. The van der Waals surface area contributed by atoms with Crippen LogP contribution in [0.5, 0.6) is 5.75 Å². The van der Waals surface area contributed by atoms with Crippen LogP contribution in [0.4, 0.5) is 10.1 Å². The van der Waals surface area contributed by atoms with Crippen molar-refractivity contribution in [3.63, 3.8) is 0 Å². The molecule has 2 aromatic carbocycles. The number of carbonyl (C=O) groups excluding carboxylic acids is 2. The normalized spacial score (nSPS) is 20.4. The average molecular weight is 429 g/mol. The number of thioether (sulfide) groups is 1. The Morgan fingerprint density at radius 3 is 2.73 bits per heavy atom. The Balaban J connectivity index is 1.81. The maximum Gasteiger partial charge on any atom is 0.268 e. The molecule has 30 heavy (non-hydrogen) atoms. The molecule has 7 heteroatoms. The van der Waals surface area contributed by atoms with Crippen molar-refractivity contribution in [1.82, 2.24) is 4.90 Å². The van der Waals surface area contributed by atoms with E-state index in [0.717, 1.165) is 5.56 Å². The molecule has 0 bridgehead atoms. The molecular weight excluding hydrogens is 403 g/mol. The minimum Gasteiger partial charge on any atom is -0.497 e. The molecule has 5 nitrogen and oxygen atoms in total. The second-order valence-electron chi connectivity index (χ2n) is 8.00. The van der Waals surface area contributed by atoms with Crippen molar-refractivity contribution in [2.75, 3.05) is 24.3 Å². The van der Waals surface area contributed by atoms with Crippen molar-refractivity contribution in [1.29, 1.82) is 0 Å². The number of amides is 2. The summed E-state index contributed by atoms with van der Waals surface area (Å²) in [6.07, 6.45) is 0.377. The summed E-state index contributed by atoms with van der Waals surface area (Å²) >= 11 is 1.47. The lowest BCUT2D eigenvalue weighted by Crippen LogP contribution is -2.50. The van der Waals surface area contributed by atoms with Crippen LogP contribution in [-0.4, -0.2) is 36.1 Å². The van der Waals surface area contributed by atoms with E-state index in [2.05, 4.69) is 0 Å². The zero-order valence-electron chi connectivity index (χ0n) is 17.4. The van der Waals surface area contributed by atoms with E-state index in [-0.39, 0.29) is 30.1 Å². The van der Waals surface area contributed by atoms with Crippen LogP contribution in [0, 0.1) is 11.7 Å². The molecule has 1 fully saturated rings. The van der Waals surface area contributed by atoms with E-state index in [9.17, 15) is 14.0 Å². The van der Waals surface area contributed by atoms with Crippen LogP contribution in [-0.2, 0) is 21.0 Å². The molecule has 0 N–H and O–H groups in total. The van der Waals surface area contributed by atoms with Crippen molar-refractivity contribution in [2.24, 2.45) is 5.92 Å². The van der Waals surface area contributed by atoms with E-state index >= 15 is 0 Å². The van der Waals surface area contributed by atoms with Gasteiger partial charge in [-0.3, -0.25) is 9.59 Å². The van der Waals surface area contributed by atoms with Crippen molar-refractivity contribution >= 4 is 29.3 Å². The predicted octanol–water partition coefficient (Wildman–Crippen LogP) is 4.16. The number of benzene rings is 2. The van der Waals surface area contributed by atoms with Gasteiger partial charge in [0.1, 0.15) is 11.6 Å². The van der Waals surface area contributed by atoms with Crippen LogP contribution in [0.3, 0.4) is 0 Å². The van der Waals surface area contributed by atoms with Gasteiger partial charge in [-0.05, 0) is 30.2 Å². The monoisotopic (exact) mass is 428 g/mol. The Kier molecular flexibility index (Phi) is 5.49. The summed E-state index contributed by atoms with van der Waals surface area (Å²) in [6, 6.07) is 11.9. The Morgan fingerprint density at radius 2 is 2.03 bits per heavy atom. The van der Waals surface area contributed by atoms with E-state index in [4.69, 9.17) is 4.74 Å². The van der Waals surface area contributed by atoms with Gasteiger partial charge in [0.25, 0.3) is 5.91 Å². The summed E-state index contributed by atoms with van der Waals surface area (Å²) in [4.78, 5) is 29.1. The molecule has 0 aromatic heterocycles. The van der Waals surface area contributed by atoms with Crippen LogP contribution in [0.15, 0.2) is 42.5 Å². The number of fused-ring (bicyclic) bond motifs is 2. The van der Waals surface area contributed by atoms with Crippen LogP contribution in [0.25, 0.3) is 0 Å². The summed E-state index contributed by atoms with van der Waals surface area (Å²) in [7, 11) is 1.58. The number of hydrogen-bond donors (Lipinski definition) is 0. The third-order valence-electron chi connectivity index (χ3n) is 5.57. The second-order valence-corrected chi connectivity index (χ2v) is 9.29. The third-order valence-corrected chi connectivity index (χ3v) is 6.99. The molecule has 4 rings (SSSR count). The van der Waals surface area contributed by atoms with E-state index in [0.29, 0.717) is 35.7 Å². The number of rotatable bonds is 5. The SMILES string of the molecule is COc1ccc2c(c1)[C@@]1(SCCN1C(=O)CC(C)C)C(=O)N2Cc1ccccc1F. The summed E-state index contributed by atoms with van der Waals surface area (Å²) in [5.74, 6) is 0.889. The quantitative estimate of drug-likeness (QED) is 0.718. The summed E-state index contributed by atoms with van der Waals surface area (Å²) in [6.45, 7) is 4.60.